The van der Waals surface area contributed by atoms with Crippen LogP contribution in [0.25, 0.3) is 0 Å². The number of fused-ring (bicyclic) bond motifs is 5. The van der Waals surface area contributed by atoms with Gasteiger partial charge in [0.15, 0.2) is 5.78 Å². The summed E-state index contributed by atoms with van der Waals surface area (Å²) in [4.78, 5) is 23.6. The number of hydrogen-bond donors (Lipinski definition) is 4. The third kappa shape index (κ3) is 5.96. The average Bonchev–Trinajstić information content (AvgIpc) is 3.22. The molecule has 0 bridgehead atoms. The lowest BCUT2D eigenvalue weighted by molar-refractivity contribution is -0.174. The molecular formula is C31H53NO5. The second kappa shape index (κ2) is 12.0. The molecule has 0 spiro atoms. The summed E-state index contributed by atoms with van der Waals surface area (Å²) in [6.07, 6.45) is 12.6. The topological polar surface area (TPSA) is 107 Å². The number of rotatable bonds is 11. The molecule has 0 saturated heterocycles. The predicted octanol–water partition coefficient (Wildman–Crippen LogP) is 4.63. The third-order valence-corrected chi connectivity index (χ3v) is 11.9. The summed E-state index contributed by atoms with van der Waals surface area (Å²) in [5, 5.41) is 33.5. The van der Waals surface area contributed by atoms with Crippen molar-refractivity contribution >= 4 is 11.7 Å². The Balaban J connectivity index is 1.27. The zero-order chi connectivity index (χ0) is 26.8. The molecule has 6 heteroatoms. The molecule has 4 saturated carbocycles. The van der Waals surface area contributed by atoms with Gasteiger partial charge in [-0.1, -0.05) is 27.2 Å². The first-order valence-electron chi connectivity index (χ1n) is 15.4. The highest BCUT2D eigenvalue weighted by Crippen LogP contribution is 2.68. The molecule has 0 aromatic heterocycles. The van der Waals surface area contributed by atoms with Crippen LogP contribution in [0.3, 0.4) is 0 Å². The van der Waals surface area contributed by atoms with E-state index in [1.807, 2.05) is 0 Å². The SMILES string of the molecule is C[C@H](CCC(=O)NCCCCCC(=O)CO)[C@H]1CC[C@H]2[C@@H]3[C@@H](O)C[C@@H]4C[C@H](O)CC[C@]4(C)[C@H]3CC[C@]12C. The van der Waals surface area contributed by atoms with Crippen LogP contribution in [0.15, 0.2) is 0 Å². The van der Waals surface area contributed by atoms with Crippen LogP contribution < -0.4 is 5.32 Å². The first-order valence-corrected chi connectivity index (χ1v) is 15.4. The van der Waals surface area contributed by atoms with Crippen molar-refractivity contribution in [1.29, 1.82) is 0 Å². The van der Waals surface area contributed by atoms with Crippen LogP contribution in [0.2, 0.25) is 0 Å². The van der Waals surface area contributed by atoms with Gasteiger partial charge in [-0.2, -0.15) is 0 Å². The maximum absolute atomic E-state index is 12.5. The molecule has 6 nitrogen and oxygen atoms in total. The number of hydrogen-bond acceptors (Lipinski definition) is 5. The Labute approximate surface area is 224 Å². The second-order valence-electron chi connectivity index (χ2n) is 13.8. The molecule has 4 fully saturated rings. The monoisotopic (exact) mass is 519 g/mol. The van der Waals surface area contributed by atoms with Crippen LogP contribution >= 0.6 is 0 Å². The van der Waals surface area contributed by atoms with Crippen molar-refractivity contribution in [3.8, 4) is 0 Å². The molecule has 4 N–H and O–H groups in total. The van der Waals surface area contributed by atoms with Crippen molar-refractivity contribution in [3.63, 3.8) is 0 Å². The van der Waals surface area contributed by atoms with Crippen molar-refractivity contribution < 1.29 is 24.9 Å². The number of carbonyl (C=O) groups excluding carboxylic acids is 2. The summed E-state index contributed by atoms with van der Waals surface area (Å²) in [7, 11) is 0. The molecule has 4 aliphatic carbocycles. The van der Waals surface area contributed by atoms with Crippen LogP contribution in [0, 0.1) is 46.3 Å². The fourth-order valence-electron chi connectivity index (χ4n) is 9.75. The number of aliphatic hydroxyl groups excluding tert-OH is 3. The van der Waals surface area contributed by atoms with E-state index in [0.717, 1.165) is 51.4 Å². The molecule has 0 unspecified atom stereocenters. The van der Waals surface area contributed by atoms with E-state index in [1.165, 1.54) is 25.7 Å². The van der Waals surface area contributed by atoms with E-state index in [0.29, 0.717) is 54.9 Å². The largest absolute Gasteiger partial charge is 0.393 e. The molecular weight excluding hydrogens is 466 g/mol. The minimum Gasteiger partial charge on any atom is -0.393 e. The van der Waals surface area contributed by atoms with E-state index in [-0.39, 0.29) is 41.3 Å². The first kappa shape index (κ1) is 29.0. The quantitative estimate of drug-likeness (QED) is 0.298. The first-order chi connectivity index (χ1) is 17.6. The van der Waals surface area contributed by atoms with Crippen LogP contribution in [0.5, 0.6) is 0 Å². The Bertz CT molecular complexity index is 802. The van der Waals surface area contributed by atoms with E-state index in [1.54, 1.807) is 0 Å². The molecule has 0 aromatic carbocycles. The summed E-state index contributed by atoms with van der Waals surface area (Å²) in [6, 6.07) is 0. The molecule has 0 aliphatic heterocycles. The van der Waals surface area contributed by atoms with Crippen molar-refractivity contribution in [2.75, 3.05) is 13.2 Å². The normalized spacial score (nSPS) is 41.8. The fourth-order valence-corrected chi connectivity index (χ4v) is 9.75. The Kier molecular flexibility index (Phi) is 9.44. The van der Waals surface area contributed by atoms with E-state index >= 15 is 0 Å². The molecule has 37 heavy (non-hydrogen) atoms. The zero-order valence-corrected chi connectivity index (χ0v) is 23.6. The van der Waals surface area contributed by atoms with Crippen molar-refractivity contribution in [2.24, 2.45) is 46.3 Å². The summed E-state index contributed by atoms with van der Waals surface area (Å²) >= 11 is 0. The smallest absolute Gasteiger partial charge is 0.220 e. The van der Waals surface area contributed by atoms with E-state index < -0.39 is 0 Å². The van der Waals surface area contributed by atoms with Gasteiger partial charge in [-0.3, -0.25) is 9.59 Å². The highest BCUT2D eigenvalue weighted by atomic mass is 16.3. The summed E-state index contributed by atoms with van der Waals surface area (Å²) in [5.41, 5.74) is 0.516. The Morgan fingerprint density at radius 1 is 0.919 bits per heavy atom. The highest BCUT2D eigenvalue weighted by molar-refractivity contribution is 5.79. The molecule has 4 rings (SSSR count). The number of aliphatic hydroxyl groups is 3. The van der Waals surface area contributed by atoms with Crippen molar-refractivity contribution in [2.45, 2.75) is 123 Å². The number of ketones is 1. The molecule has 4 aliphatic rings. The maximum Gasteiger partial charge on any atom is 0.220 e. The molecule has 0 radical (unpaired) electrons. The van der Waals surface area contributed by atoms with Gasteiger partial charge in [0.25, 0.3) is 0 Å². The molecule has 0 aromatic rings. The van der Waals surface area contributed by atoms with Crippen LogP contribution in [0.4, 0.5) is 0 Å². The van der Waals surface area contributed by atoms with Crippen LogP contribution in [0.1, 0.15) is 111 Å². The summed E-state index contributed by atoms with van der Waals surface area (Å²) < 4.78 is 0. The van der Waals surface area contributed by atoms with Gasteiger partial charge in [0.1, 0.15) is 6.61 Å². The average molecular weight is 520 g/mol. The summed E-state index contributed by atoms with van der Waals surface area (Å²) in [6.45, 7) is 7.59. The summed E-state index contributed by atoms with van der Waals surface area (Å²) in [5.74, 6) is 3.12. The Morgan fingerprint density at radius 3 is 2.41 bits per heavy atom. The van der Waals surface area contributed by atoms with Crippen LogP contribution in [-0.2, 0) is 9.59 Å². The highest BCUT2D eigenvalue weighted by Gasteiger charge is 2.62. The van der Waals surface area contributed by atoms with Crippen molar-refractivity contribution in [1.82, 2.24) is 5.32 Å². The fraction of sp³-hybridized carbons (Fsp3) is 0.935. The number of unbranched alkanes of at least 4 members (excludes halogenated alkanes) is 2. The van der Waals surface area contributed by atoms with Gasteiger partial charge in [-0.05, 0) is 117 Å². The molecule has 0 heterocycles. The lowest BCUT2D eigenvalue weighted by Crippen LogP contribution is -2.58. The lowest BCUT2D eigenvalue weighted by Gasteiger charge is -2.62. The standard InChI is InChI=1S/C31H53NO5/c1-20(8-11-28(37)32-16-6-4-5-7-23(35)19-33)24-9-10-25-29-26(13-15-31(24,25)3)30(2)14-12-22(34)17-21(30)18-27(29)36/h20-22,24-27,29,33-34,36H,4-19H2,1-3H3,(H,32,37)/t20-,21+,22-,24-,25+,26+,27+,29+,30+,31-/m1/s1. The number of amides is 1. The van der Waals surface area contributed by atoms with Crippen molar-refractivity contribution in [3.05, 3.63) is 0 Å². The van der Waals surface area contributed by atoms with E-state index in [9.17, 15) is 19.8 Å². The maximum atomic E-state index is 12.5. The molecule has 212 valence electrons. The lowest BCUT2D eigenvalue weighted by atomic mass is 9.43. The number of carbonyl (C=O) groups is 2. The third-order valence-electron chi connectivity index (χ3n) is 11.9. The van der Waals surface area contributed by atoms with Gasteiger partial charge in [-0.15, -0.1) is 0 Å². The van der Waals surface area contributed by atoms with Gasteiger partial charge in [0.05, 0.1) is 12.2 Å². The van der Waals surface area contributed by atoms with E-state index in [2.05, 4.69) is 26.1 Å². The van der Waals surface area contributed by atoms with Gasteiger partial charge in [-0.25, -0.2) is 0 Å². The zero-order valence-electron chi connectivity index (χ0n) is 23.6. The Hall–Kier alpha value is -0.980. The van der Waals surface area contributed by atoms with Crippen LogP contribution in [-0.4, -0.2) is 52.4 Å². The number of Topliss-reactive ketones (excluding diaryl/α,β-unsaturated/α-hetero) is 1. The van der Waals surface area contributed by atoms with Gasteiger partial charge < -0.3 is 20.6 Å². The second-order valence-corrected chi connectivity index (χ2v) is 13.8. The predicted molar refractivity (Wildman–Crippen MR) is 145 cm³/mol. The minimum atomic E-state index is -0.373. The number of nitrogens with one attached hydrogen (secondary N) is 1. The Morgan fingerprint density at radius 2 is 1.65 bits per heavy atom. The van der Waals surface area contributed by atoms with Gasteiger partial charge in [0, 0.05) is 19.4 Å². The van der Waals surface area contributed by atoms with E-state index in [4.69, 9.17) is 5.11 Å². The van der Waals surface area contributed by atoms with Gasteiger partial charge >= 0.3 is 0 Å². The van der Waals surface area contributed by atoms with Gasteiger partial charge in [0.2, 0.25) is 5.91 Å². The molecule has 10 atom stereocenters. The molecule has 1 amide bonds. The minimum absolute atomic E-state index is 0.112.